The van der Waals surface area contributed by atoms with E-state index < -0.39 is 0 Å². The fourth-order valence-corrected chi connectivity index (χ4v) is 4.42. The Labute approximate surface area is 130 Å². The van der Waals surface area contributed by atoms with Crippen molar-refractivity contribution >= 4 is 0 Å². The van der Waals surface area contributed by atoms with Crippen LogP contribution in [0.3, 0.4) is 0 Å². The van der Waals surface area contributed by atoms with Crippen molar-refractivity contribution < 1.29 is 0 Å². The summed E-state index contributed by atoms with van der Waals surface area (Å²) < 4.78 is 0. The fourth-order valence-electron chi connectivity index (χ4n) is 4.42. The Morgan fingerprint density at radius 2 is 1.81 bits per heavy atom. The van der Waals surface area contributed by atoms with E-state index in [0.717, 1.165) is 12.0 Å². The molecule has 0 heterocycles. The molecule has 1 aromatic rings. The van der Waals surface area contributed by atoms with E-state index in [4.69, 9.17) is 0 Å². The molecule has 0 spiro atoms. The summed E-state index contributed by atoms with van der Waals surface area (Å²) in [6.07, 6.45) is 13.8. The van der Waals surface area contributed by atoms with Gasteiger partial charge in [0.25, 0.3) is 0 Å². The summed E-state index contributed by atoms with van der Waals surface area (Å²) in [5.74, 6) is 1.01. The van der Waals surface area contributed by atoms with Crippen molar-refractivity contribution in [1.29, 1.82) is 0 Å². The minimum Gasteiger partial charge on any atom is -0.311 e. The molecular weight excluding hydrogens is 254 g/mol. The zero-order chi connectivity index (χ0) is 14.5. The molecule has 0 saturated heterocycles. The third kappa shape index (κ3) is 4.10. The molecule has 1 saturated carbocycles. The average Bonchev–Trinajstić information content (AvgIpc) is 2.73. The SMILES string of the molecule is CCCC1CCCC(NC2CCc3ccccc3C2)CC1. The molecule has 0 bridgehead atoms. The Morgan fingerprint density at radius 1 is 0.952 bits per heavy atom. The smallest absolute Gasteiger partial charge is 0.0113 e. The molecule has 1 aromatic carbocycles. The summed E-state index contributed by atoms with van der Waals surface area (Å²) in [6.45, 7) is 2.33. The normalized spacial score (nSPS) is 29.7. The quantitative estimate of drug-likeness (QED) is 0.777. The number of fused-ring (bicyclic) bond motifs is 1. The van der Waals surface area contributed by atoms with E-state index >= 15 is 0 Å². The molecule has 0 amide bonds. The van der Waals surface area contributed by atoms with Gasteiger partial charge in [0.2, 0.25) is 0 Å². The maximum atomic E-state index is 4.00. The van der Waals surface area contributed by atoms with E-state index in [1.54, 1.807) is 11.1 Å². The Morgan fingerprint density at radius 3 is 2.67 bits per heavy atom. The van der Waals surface area contributed by atoms with E-state index in [-0.39, 0.29) is 0 Å². The van der Waals surface area contributed by atoms with Gasteiger partial charge in [0.1, 0.15) is 0 Å². The first-order valence-corrected chi connectivity index (χ1v) is 9.18. The fraction of sp³-hybridized carbons (Fsp3) is 0.700. The zero-order valence-electron chi connectivity index (χ0n) is 13.6. The van der Waals surface area contributed by atoms with Crippen molar-refractivity contribution in [3.05, 3.63) is 35.4 Å². The maximum absolute atomic E-state index is 4.00. The number of hydrogen-bond acceptors (Lipinski definition) is 1. The number of nitrogens with one attached hydrogen (secondary N) is 1. The molecule has 2 aliphatic carbocycles. The average molecular weight is 285 g/mol. The molecule has 0 radical (unpaired) electrons. The molecular formula is C20H31N. The van der Waals surface area contributed by atoms with E-state index in [1.807, 2.05) is 0 Å². The molecule has 2 aliphatic rings. The van der Waals surface area contributed by atoms with Gasteiger partial charge < -0.3 is 5.32 Å². The van der Waals surface area contributed by atoms with Crippen molar-refractivity contribution in [3.8, 4) is 0 Å². The predicted octanol–water partition coefficient (Wildman–Crippen LogP) is 4.88. The van der Waals surface area contributed by atoms with Gasteiger partial charge in [-0.25, -0.2) is 0 Å². The van der Waals surface area contributed by atoms with Gasteiger partial charge in [-0.1, -0.05) is 56.9 Å². The second-order valence-corrected chi connectivity index (χ2v) is 7.23. The van der Waals surface area contributed by atoms with E-state index in [0.29, 0.717) is 6.04 Å². The van der Waals surface area contributed by atoms with Gasteiger partial charge in [0.15, 0.2) is 0 Å². The highest BCUT2D eigenvalue weighted by Crippen LogP contribution is 2.28. The predicted molar refractivity (Wildman–Crippen MR) is 90.7 cm³/mol. The van der Waals surface area contributed by atoms with Gasteiger partial charge in [0, 0.05) is 12.1 Å². The third-order valence-electron chi connectivity index (χ3n) is 5.60. The molecule has 1 N–H and O–H groups in total. The highest BCUT2D eigenvalue weighted by molar-refractivity contribution is 5.30. The van der Waals surface area contributed by atoms with Crippen molar-refractivity contribution in [2.45, 2.75) is 83.2 Å². The van der Waals surface area contributed by atoms with Crippen LogP contribution in [0.1, 0.15) is 69.4 Å². The van der Waals surface area contributed by atoms with Crippen molar-refractivity contribution in [2.24, 2.45) is 5.92 Å². The molecule has 1 heteroatoms. The first kappa shape index (κ1) is 15.1. The van der Waals surface area contributed by atoms with Crippen molar-refractivity contribution in [3.63, 3.8) is 0 Å². The second kappa shape index (κ2) is 7.45. The highest BCUT2D eigenvalue weighted by Gasteiger charge is 2.23. The third-order valence-corrected chi connectivity index (χ3v) is 5.60. The van der Waals surface area contributed by atoms with Crippen LogP contribution in [0.15, 0.2) is 24.3 Å². The number of rotatable bonds is 4. The van der Waals surface area contributed by atoms with Crippen LogP contribution in [-0.2, 0) is 12.8 Å². The Kier molecular flexibility index (Phi) is 5.35. The van der Waals surface area contributed by atoms with Crippen LogP contribution in [0, 0.1) is 5.92 Å². The van der Waals surface area contributed by atoms with Crippen molar-refractivity contribution in [1.82, 2.24) is 5.32 Å². The maximum Gasteiger partial charge on any atom is 0.0113 e. The molecule has 1 fully saturated rings. The number of hydrogen-bond donors (Lipinski definition) is 1. The molecule has 0 aliphatic heterocycles. The number of aryl methyl sites for hydroxylation is 1. The summed E-state index contributed by atoms with van der Waals surface area (Å²) in [7, 11) is 0. The second-order valence-electron chi connectivity index (χ2n) is 7.23. The molecule has 3 rings (SSSR count). The topological polar surface area (TPSA) is 12.0 Å². The van der Waals surface area contributed by atoms with Gasteiger partial charge in [0.05, 0.1) is 0 Å². The monoisotopic (exact) mass is 285 g/mol. The van der Waals surface area contributed by atoms with Gasteiger partial charge in [-0.05, 0) is 55.6 Å². The molecule has 3 atom stereocenters. The molecule has 116 valence electrons. The van der Waals surface area contributed by atoms with Crippen molar-refractivity contribution in [2.75, 3.05) is 0 Å². The first-order chi connectivity index (χ1) is 10.3. The lowest BCUT2D eigenvalue weighted by Gasteiger charge is -2.29. The van der Waals surface area contributed by atoms with Crippen LogP contribution in [0.2, 0.25) is 0 Å². The lowest BCUT2D eigenvalue weighted by Crippen LogP contribution is -2.41. The van der Waals surface area contributed by atoms with E-state index in [2.05, 4.69) is 36.5 Å². The van der Waals surface area contributed by atoms with Crippen LogP contribution in [-0.4, -0.2) is 12.1 Å². The lowest BCUT2D eigenvalue weighted by atomic mass is 9.87. The van der Waals surface area contributed by atoms with Gasteiger partial charge in [-0.2, -0.15) is 0 Å². The van der Waals surface area contributed by atoms with Gasteiger partial charge >= 0.3 is 0 Å². The highest BCUT2D eigenvalue weighted by atomic mass is 14.9. The van der Waals surface area contributed by atoms with Crippen LogP contribution in [0.25, 0.3) is 0 Å². The Hall–Kier alpha value is -0.820. The number of benzene rings is 1. The summed E-state index contributed by atoms with van der Waals surface area (Å²) in [5, 5.41) is 4.00. The summed E-state index contributed by atoms with van der Waals surface area (Å²) in [5.41, 5.74) is 3.16. The minimum absolute atomic E-state index is 0.715. The van der Waals surface area contributed by atoms with E-state index in [1.165, 1.54) is 64.2 Å². The minimum atomic E-state index is 0.715. The van der Waals surface area contributed by atoms with Crippen LogP contribution < -0.4 is 5.32 Å². The summed E-state index contributed by atoms with van der Waals surface area (Å²) in [4.78, 5) is 0. The summed E-state index contributed by atoms with van der Waals surface area (Å²) in [6, 6.07) is 10.5. The Bertz CT molecular complexity index is 439. The molecule has 0 aromatic heterocycles. The van der Waals surface area contributed by atoms with Gasteiger partial charge in [-0.15, -0.1) is 0 Å². The lowest BCUT2D eigenvalue weighted by molar-refractivity contribution is 0.359. The van der Waals surface area contributed by atoms with E-state index in [9.17, 15) is 0 Å². The zero-order valence-corrected chi connectivity index (χ0v) is 13.6. The molecule has 3 unspecified atom stereocenters. The molecule has 21 heavy (non-hydrogen) atoms. The van der Waals surface area contributed by atoms with Crippen LogP contribution in [0.4, 0.5) is 0 Å². The summed E-state index contributed by atoms with van der Waals surface area (Å²) >= 11 is 0. The van der Waals surface area contributed by atoms with Crippen LogP contribution >= 0.6 is 0 Å². The Balaban J connectivity index is 1.51. The first-order valence-electron chi connectivity index (χ1n) is 9.18. The van der Waals surface area contributed by atoms with Gasteiger partial charge in [-0.3, -0.25) is 0 Å². The standard InChI is InChI=1S/C20H31N/c1-2-6-16-7-5-10-19(13-11-16)21-20-14-12-17-8-3-4-9-18(17)15-20/h3-4,8-9,16,19-21H,2,5-7,10-15H2,1H3. The largest absolute Gasteiger partial charge is 0.311 e. The molecule has 1 nitrogen and oxygen atoms in total. The van der Waals surface area contributed by atoms with Crippen LogP contribution in [0.5, 0.6) is 0 Å².